The fourth-order valence-electron chi connectivity index (χ4n) is 1.96. The van der Waals surface area contributed by atoms with Gasteiger partial charge in [-0.05, 0) is 35.4 Å². The highest BCUT2D eigenvalue weighted by molar-refractivity contribution is 7.97. The van der Waals surface area contributed by atoms with Crippen molar-refractivity contribution in [3.8, 4) is 0 Å². The van der Waals surface area contributed by atoms with Gasteiger partial charge in [0.25, 0.3) is 0 Å². The fourth-order valence-corrected chi connectivity index (χ4v) is 2.46. The van der Waals surface area contributed by atoms with E-state index in [0.29, 0.717) is 5.92 Å². The minimum atomic E-state index is 0.551. The summed E-state index contributed by atoms with van der Waals surface area (Å²) >= 11 is 1.84. The van der Waals surface area contributed by atoms with Gasteiger partial charge in [0, 0.05) is 17.3 Å². The third-order valence-corrected chi connectivity index (χ3v) is 3.37. The van der Waals surface area contributed by atoms with Gasteiger partial charge in [0.05, 0.1) is 5.52 Å². The third kappa shape index (κ3) is 2.22. The molecule has 1 heterocycles. The number of rotatable bonds is 3. The van der Waals surface area contributed by atoms with E-state index in [2.05, 4.69) is 49.4 Å². The summed E-state index contributed by atoms with van der Waals surface area (Å²) in [5.74, 6) is 1.59. The van der Waals surface area contributed by atoms with Gasteiger partial charge in [-0.15, -0.1) is 0 Å². The highest BCUT2D eigenvalue weighted by atomic mass is 32.2. The lowest BCUT2D eigenvalue weighted by atomic mass is 9.98. The quantitative estimate of drug-likeness (QED) is 0.784. The summed E-state index contributed by atoms with van der Waals surface area (Å²) in [6.07, 6.45) is 4.11. The largest absolute Gasteiger partial charge is 0.256 e. The predicted molar refractivity (Wildman–Crippen MR) is 73.1 cm³/mol. The molecule has 0 N–H and O–H groups in total. The second-order valence-corrected chi connectivity index (χ2v) is 5.21. The van der Waals surface area contributed by atoms with Gasteiger partial charge in [0.15, 0.2) is 0 Å². The summed E-state index contributed by atoms with van der Waals surface area (Å²) in [4.78, 5) is 4.53. The van der Waals surface area contributed by atoms with Crippen LogP contribution >= 0.6 is 11.8 Å². The van der Waals surface area contributed by atoms with Crippen molar-refractivity contribution in [2.24, 2.45) is 0 Å². The average molecular weight is 231 g/mol. The normalized spacial score (nSPS) is 11.2. The molecule has 1 aromatic heterocycles. The monoisotopic (exact) mass is 231 g/mol. The van der Waals surface area contributed by atoms with Crippen LogP contribution in [0.3, 0.4) is 0 Å². The number of aromatic nitrogens is 1. The van der Waals surface area contributed by atoms with Crippen LogP contribution in [0.25, 0.3) is 10.9 Å². The molecular weight excluding hydrogens is 214 g/mol. The van der Waals surface area contributed by atoms with Crippen LogP contribution in [0.15, 0.2) is 30.5 Å². The molecule has 0 saturated heterocycles. The first-order chi connectivity index (χ1) is 7.72. The third-order valence-electron chi connectivity index (χ3n) is 2.75. The van der Waals surface area contributed by atoms with Gasteiger partial charge in [-0.2, -0.15) is 11.8 Å². The molecule has 2 rings (SSSR count). The van der Waals surface area contributed by atoms with Crippen LogP contribution in [0, 0.1) is 0 Å². The Kier molecular flexibility index (Phi) is 3.49. The van der Waals surface area contributed by atoms with Gasteiger partial charge in [-0.25, -0.2) is 0 Å². The standard InChI is InChI=1S/C14H17NS/c1-10(2)12-5-4-6-14-13(12)7-11(8-15-14)9-16-3/h4-8,10H,9H2,1-3H3. The molecular formula is C14H17NS. The maximum absolute atomic E-state index is 4.53. The number of pyridine rings is 1. The number of nitrogens with zero attached hydrogens (tertiary/aromatic N) is 1. The number of thioether (sulfide) groups is 1. The van der Waals surface area contributed by atoms with Crippen molar-refractivity contribution in [1.29, 1.82) is 0 Å². The Labute approximate surface area is 101 Å². The lowest BCUT2D eigenvalue weighted by molar-refractivity contribution is 0.875. The predicted octanol–water partition coefficient (Wildman–Crippen LogP) is 4.22. The average Bonchev–Trinajstić information content (AvgIpc) is 2.28. The smallest absolute Gasteiger partial charge is 0.0705 e. The van der Waals surface area contributed by atoms with E-state index in [-0.39, 0.29) is 0 Å². The van der Waals surface area contributed by atoms with Crippen molar-refractivity contribution >= 4 is 22.7 Å². The van der Waals surface area contributed by atoms with Crippen molar-refractivity contribution in [3.05, 3.63) is 41.6 Å². The van der Waals surface area contributed by atoms with Crippen molar-refractivity contribution < 1.29 is 0 Å². The molecule has 0 bridgehead atoms. The van der Waals surface area contributed by atoms with Gasteiger partial charge >= 0.3 is 0 Å². The summed E-state index contributed by atoms with van der Waals surface area (Å²) in [7, 11) is 0. The molecule has 0 aliphatic heterocycles. The molecule has 84 valence electrons. The second-order valence-electron chi connectivity index (χ2n) is 4.35. The second kappa shape index (κ2) is 4.88. The minimum Gasteiger partial charge on any atom is -0.256 e. The van der Waals surface area contributed by atoms with Gasteiger partial charge in [0.1, 0.15) is 0 Å². The van der Waals surface area contributed by atoms with Gasteiger partial charge in [0.2, 0.25) is 0 Å². The molecule has 0 aliphatic carbocycles. The zero-order valence-corrected chi connectivity index (χ0v) is 10.8. The Balaban J connectivity index is 2.59. The lowest BCUT2D eigenvalue weighted by Gasteiger charge is -2.10. The molecule has 16 heavy (non-hydrogen) atoms. The van der Waals surface area contributed by atoms with E-state index < -0.39 is 0 Å². The molecule has 2 aromatic rings. The van der Waals surface area contributed by atoms with Crippen molar-refractivity contribution in [2.75, 3.05) is 6.26 Å². The van der Waals surface area contributed by atoms with Gasteiger partial charge in [-0.3, -0.25) is 4.98 Å². The molecule has 0 aliphatic rings. The van der Waals surface area contributed by atoms with Crippen molar-refractivity contribution in [2.45, 2.75) is 25.5 Å². The zero-order chi connectivity index (χ0) is 11.5. The van der Waals surface area contributed by atoms with Crippen LogP contribution in [0.4, 0.5) is 0 Å². The highest BCUT2D eigenvalue weighted by Gasteiger charge is 2.06. The maximum Gasteiger partial charge on any atom is 0.0705 e. The summed E-state index contributed by atoms with van der Waals surface area (Å²) in [5, 5.41) is 1.31. The van der Waals surface area contributed by atoms with Gasteiger partial charge in [-0.1, -0.05) is 26.0 Å². The molecule has 0 atom stereocenters. The van der Waals surface area contributed by atoms with Crippen LogP contribution in [-0.4, -0.2) is 11.2 Å². The SMILES string of the molecule is CSCc1cnc2cccc(C(C)C)c2c1. The molecule has 0 unspecified atom stereocenters. The van der Waals surface area contributed by atoms with E-state index in [0.717, 1.165) is 11.3 Å². The van der Waals surface area contributed by atoms with Crippen molar-refractivity contribution in [3.63, 3.8) is 0 Å². The molecule has 0 saturated carbocycles. The summed E-state index contributed by atoms with van der Waals surface area (Å²) in [6.45, 7) is 4.46. The fraction of sp³-hybridized carbons (Fsp3) is 0.357. The number of hydrogen-bond donors (Lipinski definition) is 0. The number of fused-ring (bicyclic) bond motifs is 1. The van der Waals surface area contributed by atoms with E-state index in [4.69, 9.17) is 0 Å². The summed E-state index contributed by atoms with van der Waals surface area (Å²) in [6, 6.07) is 8.68. The molecule has 0 spiro atoms. The van der Waals surface area contributed by atoms with E-state index in [1.807, 2.05) is 18.0 Å². The first kappa shape index (κ1) is 11.5. The minimum absolute atomic E-state index is 0.551. The number of hydrogen-bond acceptors (Lipinski definition) is 2. The van der Waals surface area contributed by atoms with Crippen LogP contribution < -0.4 is 0 Å². The van der Waals surface area contributed by atoms with E-state index >= 15 is 0 Å². The van der Waals surface area contributed by atoms with Crippen LogP contribution in [0.1, 0.15) is 30.9 Å². The van der Waals surface area contributed by atoms with E-state index in [1.165, 1.54) is 16.5 Å². The molecule has 0 fully saturated rings. The maximum atomic E-state index is 4.53. The first-order valence-electron chi connectivity index (χ1n) is 5.59. The van der Waals surface area contributed by atoms with Crippen LogP contribution in [-0.2, 0) is 5.75 Å². The summed E-state index contributed by atoms with van der Waals surface area (Å²) in [5.41, 5.74) is 3.82. The van der Waals surface area contributed by atoms with Crippen molar-refractivity contribution in [1.82, 2.24) is 4.98 Å². The van der Waals surface area contributed by atoms with Crippen LogP contribution in [0.5, 0.6) is 0 Å². The van der Waals surface area contributed by atoms with Crippen LogP contribution in [0.2, 0.25) is 0 Å². The van der Waals surface area contributed by atoms with E-state index in [1.54, 1.807) is 0 Å². The Morgan fingerprint density at radius 1 is 1.31 bits per heavy atom. The molecule has 2 heteroatoms. The zero-order valence-electron chi connectivity index (χ0n) is 10.0. The Morgan fingerprint density at radius 3 is 2.81 bits per heavy atom. The Hall–Kier alpha value is -1.02. The molecule has 1 nitrogen and oxygen atoms in total. The Bertz CT molecular complexity index is 491. The van der Waals surface area contributed by atoms with Gasteiger partial charge < -0.3 is 0 Å². The highest BCUT2D eigenvalue weighted by Crippen LogP contribution is 2.25. The van der Waals surface area contributed by atoms with E-state index in [9.17, 15) is 0 Å². The Morgan fingerprint density at radius 2 is 2.12 bits per heavy atom. The number of benzene rings is 1. The summed E-state index contributed by atoms with van der Waals surface area (Å²) < 4.78 is 0. The topological polar surface area (TPSA) is 12.9 Å². The first-order valence-corrected chi connectivity index (χ1v) is 6.98. The lowest BCUT2D eigenvalue weighted by Crippen LogP contribution is -1.92. The molecule has 0 amide bonds. The molecule has 1 aromatic carbocycles. The molecule has 0 radical (unpaired) electrons.